The number of hydrogen-bond donors (Lipinski definition) is 0. The third-order valence-corrected chi connectivity index (χ3v) is 6.10. The van der Waals surface area contributed by atoms with Crippen LogP contribution in [0.15, 0.2) is 42.5 Å². The molecule has 1 aliphatic rings. The van der Waals surface area contributed by atoms with Gasteiger partial charge >= 0.3 is 0 Å². The number of rotatable bonds is 4. The van der Waals surface area contributed by atoms with E-state index in [4.69, 9.17) is 23.2 Å². The maximum atomic E-state index is 12.4. The molecule has 1 amide bonds. The smallest absolute Gasteiger partial charge is 0.242 e. The molecule has 0 N–H and O–H groups in total. The van der Waals surface area contributed by atoms with Gasteiger partial charge in [0.05, 0.1) is 15.8 Å². The minimum Gasteiger partial charge on any atom is -0.311 e. The number of carbonyl (C=O) groups excluding carboxylic acids is 1. The van der Waals surface area contributed by atoms with Crippen LogP contribution in [-0.2, 0) is 26.8 Å². The maximum absolute atomic E-state index is 12.4. The zero-order chi connectivity index (χ0) is 17.3. The molecule has 0 saturated carbocycles. The molecular weight excluding hydrogens is 369 g/mol. The van der Waals surface area contributed by atoms with Gasteiger partial charge in [0, 0.05) is 12.2 Å². The van der Waals surface area contributed by atoms with Gasteiger partial charge in [-0.25, -0.2) is 8.42 Å². The molecule has 0 spiro atoms. The maximum Gasteiger partial charge on any atom is 0.242 e. The lowest BCUT2D eigenvalue weighted by Crippen LogP contribution is -2.34. The van der Waals surface area contributed by atoms with Gasteiger partial charge in [-0.05, 0) is 35.7 Å². The molecule has 126 valence electrons. The minimum absolute atomic E-state index is 0.245. The van der Waals surface area contributed by atoms with Crippen molar-refractivity contribution < 1.29 is 13.2 Å². The molecule has 7 heteroatoms. The number of hydrogen-bond acceptors (Lipinski definition) is 3. The van der Waals surface area contributed by atoms with Crippen molar-refractivity contribution in [2.24, 2.45) is 0 Å². The number of para-hydroxylation sites is 1. The fourth-order valence-electron chi connectivity index (χ4n) is 2.80. The van der Waals surface area contributed by atoms with Gasteiger partial charge in [-0.3, -0.25) is 4.79 Å². The molecule has 0 bridgehead atoms. The van der Waals surface area contributed by atoms with Crippen LogP contribution in [0.3, 0.4) is 0 Å². The summed E-state index contributed by atoms with van der Waals surface area (Å²) < 4.78 is 24.7. The van der Waals surface area contributed by atoms with Gasteiger partial charge in [0.1, 0.15) is 5.75 Å². The Morgan fingerprint density at radius 3 is 2.58 bits per heavy atom. The van der Waals surface area contributed by atoms with Gasteiger partial charge in [-0.2, -0.15) is 0 Å². The summed E-state index contributed by atoms with van der Waals surface area (Å²) in [5, 5.41) is 0.659. The molecule has 3 rings (SSSR count). The van der Waals surface area contributed by atoms with Crippen LogP contribution in [-0.4, -0.2) is 26.6 Å². The van der Waals surface area contributed by atoms with E-state index < -0.39 is 21.5 Å². The first-order valence-electron chi connectivity index (χ1n) is 7.38. The van der Waals surface area contributed by atoms with Crippen LogP contribution in [0.4, 0.5) is 5.69 Å². The molecule has 0 unspecified atom stereocenters. The average Bonchev–Trinajstić information content (AvgIpc) is 2.94. The van der Waals surface area contributed by atoms with Crippen LogP contribution >= 0.6 is 23.2 Å². The van der Waals surface area contributed by atoms with Gasteiger partial charge in [-0.15, -0.1) is 0 Å². The minimum atomic E-state index is -3.60. The van der Waals surface area contributed by atoms with Gasteiger partial charge in [0.15, 0.2) is 9.84 Å². The summed E-state index contributed by atoms with van der Waals surface area (Å²) in [4.78, 5) is 14.0. The third-order valence-electron chi connectivity index (χ3n) is 3.90. The highest BCUT2D eigenvalue weighted by atomic mass is 35.5. The predicted molar refractivity (Wildman–Crippen MR) is 96.5 cm³/mol. The van der Waals surface area contributed by atoms with Crippen LogP contribution in [0, 0.1) is 0 Å². The van der Waals surface area contributed by atoms with Gasteiger partial charge < -0.3 is 4.90 Å². The summed E-state index contributed by atoms with van der Waals surface area (Å²) in [6, 6.07) is 12.2. The predicted octanol–water partition coefficient (Wildman–Crippen LogP) is 3.50. The molecule has 0 saturated heterocycles. The fourth-order valence-corrected chi connectivity index (χ4v) is 4.44. The molecule has 4 nitrogen and oxygen atoms in total. The Morgan fingerprint density at radius 1 is 1.08 bits per heavy atom. The molecule has 2 aromatic rings. The van der Waals surface area contributed by atoms with Crippen molar-refractivity contribution in [3.63, 3.8) is 0 Å². The second kappa shape index (κ2) is 6.75. The van der Waals surface area contributed by atoms with Crippen molar-refractivity contribution in [2.45, 2.75) is 12.2 Å². The number of sulfone groups is 1. The molecule has 0 radical (unpaired) electrons. The Bertz CT molecular complexity index is 896. The average molecular weight is 384 g/mol. The topological polar surface area (TPSA) is 54.5 Å². The summed E-state index contributed by atoms with van der Waals surface area (Å²) >= 11 is 11.7. The molecule has 1 heterocycles. The lowest BCUT2D eigenvalue weighted by Gasteiger charge is -2.17. The standard InChI is InChI=1S/C17H15Cl2NO3S/c18-14-6-5-12(9-15(14)19)10-24(22,23)11-17(21)20-8-7-13-3-1-2-4-16(13)20/h1-6,9H,7-8,10-11H2. The fraction of sp³-hybridized carbons (Fsp3) is 0.235. The van der Waals surface area contributed by atoms with E-state index in [-0.39, 0.29) is 5.75 Å². The van der Waals surface area contributed by atoms with E-state index in [9.17, 15) is 13.2 Å². The van der Waals surface area contributed by atoms with E-state index in [2.05, 4.69) is 0 Å². The van der Waals surface area contributed by atoms with E-state index in [0.29, 0.717) is 22.2 Å². The quantitative estimate of drug-likeness (QED) is 0.811. The number of benzene rings is 2. The van der Waals surface area contributed by atoms with Crippen LogP contribution in [0.25, 0.3) is 0 Å². The second-order valence-corrected chi connectivity index (χ2v) is 8.58. The summed E-state index contributed by atoms with van der Waals surface area (Å²) in [5.74, 6) is -1.17. The number of anilines is 1. The number of nitrogens with zero attached hydrogens (tertiary/aromatic N) is 1. The lowest BCUT2D eigenvalue weighted by molar-refractivity contribution is -0.116. The summed E-state index contributed by atoms with van der Waals surface area (Å²) in [6.07, 6.45) is 0.745. The van der Waals surface area contributed by atoms with E-state index in [1.54, 1.807) is 17.0 Å². The summed E-state index contributed by atoms with van der Waals surface area (Å²) in [7, 11) is -3.60. The Morgan fingerprint density at radius 2 is 1.83 bits per heavy atom. The van der Waals surface area contributed by atoms with E-state index >= 15 is 0 Å². The number of amides is 1. The Kier molecular flexibility index (Phi) is 4.85. The summed E-state index contributed by atoms with van der Waals surface area (Å²) in [6.45, 7) is 0.514. The van der Waals surface area contributed by atoms with Crippen LogP contribution in [0.5, 0.6) is 0 Å². The molecule has 24 heavy (non-hydrogen) atoms. The molecule has 0 fully saturated rings. The zero-order valence-corrected chi connectivity index (χ0v) is 15.0. The van der Waals surface area contributed by atoms with E-state index in [1.165, 1.54) is 6.07 Å². The van der Waals surface area contributed by atoms with Crippen molar-refractivity contribution in [2.75, 3.05) is 17.2 Å². The zero-order valence-electron chi connectivity index (χ0n) is 12.7. The van der Waals surface area contributed by atoms with Crippen molar-refractivity contribution in [3.8, 4) is 0 Å². The van der Waals surface area contributed by atoms with Crippen molar-refractivity contribution >= 4 is 44.6 Å². The summed E-state index contributed by atoms with van der Waals surface area (Å²) in [5.41, 5.74) is 2.37. The van der Waals surface area contributed by atoms with Gasteiger partial charge in [0.25, 0.3) is 0 Å². The van der Waals surface area contributed by atoms with Crippen LogP contribution in [0.1, 0.15) is 11.1 Å². The third kappa shape index (κ3) is 3.74. The molecule has 1 aliphatic heterocycles. The molecule has 0 atom stereocenters. The number of halogens is 2. The Hall–Kier alpha value is -1.56. The largest absolute Gasteiger partial charge is 0.311 e. The highest BCUT2D eigenvalue weighted by Gasteiger charge is 2.28. The molecule has 2 aromatic carbocycles. The number of carbonyl (C=O) groups is 1. The first-order chi connectivity index (χ1) is 11.4. The van der Waals surface area contributed by atoms with Gasteiger partial charge in [0.2, 0.25) is 5.91 Å². The van der Waals surface area contributed by atoms with Crippen LogP contribution in [0.2, 0.25) is 10.0 Å². The highest BCUT2D eigenvalue weighted by Crippen LogP contribution is 2.28. The van der Waals surface area contributed by atoms with E-state index in [1.807, 2.05) is 24.3 Å². The van der Waals surface area contributed by atoms with Crippen molar-refractivity contribution in [1.29, 1.82) is 0 Å². The SMILES string of the molecule is O=C(CS(=O)(=O)Cc1ccc(Cl)c(Cl)c1)N1CCc2ccccc21. The van der Waals surface area contributed by atoms with Crippen molar-refractivity contribution in [3.05, 3.63) is 63.6 Å². The Labute approximate surface area is 150 Å². The van der Waals surface area contributed by atoms with Crippen molar-refractivity contribution in [1.82, 2.24) is 0 Å². The lowest BCUT2D eigenvalue weighted by atomic mass is 10.2. The molecular formula is C17H15Cl2NO3S. The Balaban J connectivity index is 1.73. The first-order valence-corrected chi connectivity index (χ1v) is 9.96. The number of fused-ring (bicyclic) bond motifs is 1. The molecule has 0 aromatic heterocycles. The van der Waals surface area contributed by atoms with E-state index in [0.717, 1.165) is 17.7 Å². The van der Waals surface area contributed by atoms with Gasteiger partial charge in [-0.1, -0.05) is 47.5 Å². The normalized spacial score (nSPS) is 13.8. The molecule has 0 aliphatic carbocycles. The highest BCUT2D eigenvalue weighted by molar-refractivity contribution is 7.91. The van der Waals surface area contributed by atoms with Crippen LogP contribution < -0.4 is 4.90 Å². The monoisotopic (exact) mass is 383 g/mol. The first kappa shape index (κ1) is 17.3. The second-order valence-electron chi connectivity index (χ2n) is 5.70.